The molecule has 15 heavy (non-hydrogen) atoms. The van der Waals surface area contributed by atoms with Crippen LogP contribution in [0.5, 0.6) is 0 Å². The van der Waals surface area contributed by atoms with E-state index in [4.69, 9.17) is 9.47 Å². The molecule has 0 atom stereocenters. The van der Waals surface area contributed by atoms with Crippen molar-refractivity contribution in [2.45, 2.75) is 12.8 Å². The summed E-state index contributed by atoms with van der Waals surface area (Å²) in [7, 11) is -1.49. The zero-order valence-electron chi connectivity index (χ0n) is 9.15. The lowest BCUT2D eigenvalue weighted by atomic mass is 10.4. The Morgan fingerprint density at radius 1 is 1.13 bits per heavy atom. The first kappa shape index (κ1) is 12.9. The molecule has 0 aromatic rings. The van der Waals surface area contributed by atoms with Gasteiger partial charge in [0.15, 0.2) is 0 Å². The minimum atomic E-state index is -3.08. The van der Waals surface area contributed by atoms with Crippen LogP contribution >= 0.6 is 0 Å². The van der Waals surface area contributed by atoms with Gasteiger partial charge in [-0.3, -0.25) is 0 Å². The maximum absolute atomic E-state index is 11.7. The molecule has 0 aromatic carbocycles. The van der Waals surface area contributed by atoms with Crippen molar-refractivity contribution in [2.75, 3.05) is 45.8 Å². The Kier molecular flexibility index (Phi) is 5.52. The van der Waals surface area contributed by atoms with E-state index in [1.165, 1.54) is 0 Å². The number of sulfonamides is 1. The number of ether oxygens (including phenoxy) is 2. The SMILES string of the molecule is COCCOCCS(=O)(=O)N1CCCC1. The van der Waals surface area contributed by atoms with Crippen LogP contribution in [-0.4, -0.2) is 58.5 Å². The third kappa shape index (κ3) is 4.46. The van der Waals surface area contributed by atoms with Crippen molar-refractivity contribution in [1.82, 2.24) is 4.31 Å². The largest absolute Gasteiger partial charge is 0.382 e. The lowest BCUT2D eigenvalue weighted by molar-refractivity contribution is 0.0782. The van der Waals surface area contributed by atoms with E-state index in [0.29, 0.717) is 26.3 Å². The van der Waals surface area contributed by atoms with Crippen LogP contribution in [-0.2, 0) is 19.5 Å². The van der Waals surface area contributed by atoms with Crippen molar-refractivity contribution in [3.05, 3.63) is 0 Å². The monoisotopic (exact) mass is 237 g/mol. The van der Waals surface area contributed by atoms with Gasteiger partial charge >= 0.3 is 0 Å². The molecule has 0 N–H and O–H groups in total. The van der Waals surface area contributed by atoms with E-state index in [1.807, 2.05) is 0 Å². The minimum absolute atomic E-state index is 0.0801. The molecular weight excluding hydrogens is 218 g/mol. The Hall–Kier alpha value is -0.170. The molecule has 1 aliphatic rings. The zero-order chi connectivity index (χ0) is 11.1. The first-order valence-electron chi connectivity index (χ1n) is 5.21. The molecule has 1 fully saturated rings. The molecule has 0 unspecified atom stereocenters. The summed E-state index contributed by atoms with van der Waals surface area (Å²) in [5.41, 5.74) is 0. The highest BCUT2D eigenvalue weighted by Crippen LogP contribution is 2.12. The number of hydrogen-bond acceptors (Lipinski definition) is 4. The Bertz CT molecular complexity index is 259. The first-order chi connectivity index (χ1) is 7.17. The molecule has 0 aliphatic carbocycles. The van der Waals surface area contributed by atoms with E-state index in [9.17, 15) is 8.42 Å². The van der Waals surface area contributed by atoms with Crippen molar-refractivity contribution in [1.29, 1.82) is 0 Å². The summed E-state index contributed by atoms with van der Waals surface area (Å²) < 4.78 is 34.8. The summed E-state index contributed by atoms with van der Waals surface area (Å²) >= 11 is 0. The smallest absolute Gasteiger partial charge is 0.216 e. The fraction of sp³-hybridized carbons (Fsp3) is 1.00. The van der Waals surface area contributed by atoms with Crippen molar-refractivity contribution in [3.8, 4) is 0 Å². The Morgan fingerprint density at radius 3 is 2.40 bits per heavy atom. The lowest BCUT2D eigenvalue weighted by Crippen LogP contribution is -2.31. The highest BCUT2D eigenvalue weighted by Gasteiger charge is 2.24. The predicted octanol–water partition coefficient (Wildman–Crippen LogP) is 0.0750. The van der Waals surface area contributed by atoms with Crippen LogP contribution in [0.2, 0.25) is 0 Å². The number of rotatable bonds is 7. The van der Waals surface area contributed by atoms with Gasteiger partial charge in [0.25, 0.3) is 0 Å². The predicted molar refractivity (Wildman–Crippen MR) is 57.3 cm³/mol. The molecule has 0 saturated carbocycles. The third-order valence-corrected chi connectivity index (χ3v) is 4.21. The van der Waals surface area contributed by atoms with Crippen molar-refractivity contribution in [3.63, 3.8) is 0 Å². The number of hydrogen-bond donors (Lipinski definition) is 0. The minimum Gasteiger partial charge on any atom is -0.382 e. The molecule has 1 heterocycles. The molecule has 6 heteroatoms. The molecule has 0 amide bonds. The van der Waals surface area contributed by atoms with Crippen LogP contribution in [0.15, 0.2) is 0 Å². The van der Waals surface area contributed by atoms with Gasteiger partial charge in [0.1, 0.15) is 0 Å². The van der Waals surface area contributed by atoms with E-state index in [2.05, 4.69) is 0 Å². The van der Waals surface area contributed by atoms with Gasteiger partial charge < -0.3 is 9.47 Å². The molecule has 90 valence electrons. The molecule has 1 aliphatic heterocycles. The third-order valence-electron chi connectivity index (χ3n) is 2.38. The average molecular weight is 237 g/mol. The molecule has 1 rings (SSSR count). The van der Waals surface area contributed by atoms with Gasteiger partial charge in [-0.05, 0) is 12.8 Å². The number of nitrogens with zero attached hydrogens (tertiary/aromatic N) is 1. The fourth-order valence-electron chi connectivity index (χ4n) is 1.50. The summed E-state index contributed by atoms with van der Waals surface area (Å²) in [5.74, 6) is 0.0801. The lowest BCUT2D eigenvalue weighted by Gasteiger charge is -2.15. The van der Waals surface area contributed by atoms with Crippen LogP contribution in [0.25, 0.3) is 0 Å². The van der Waals surface area contributed by atoms with E-state index in [1.54, 1.807) is 11.4 Å². The van der Waals surface area contributed by atoms with Gasteiger partial charge in [-0.1, -0.05) is 0 Å². The maximum Gasteiger partial charge on any atom is 0.216 e. The maximum atomic E-state index is 11.7. The van der Waals surface area contributed by atoms with Crippen molar-refractivity contribution < 1.29 is 17.9 Å². The highest BCUT2D eigenvalue weighted by atomic mass is 32.2. The number of methoxy groups -OCH3 is 1. The summed E-state index contributed by atoms with van der Waals surface area (Å²) in [6.07, 6.45) is 1.95. The molecule has 0 bridgehead atoms. The Balaban J connectivity index is 2.18. The second-order valence-corrected chi connectivity index (χ2v) is 5.62. The Labute approximate surface area is 91.4 Å². The van der Waals surface area contributed by atoms with E-state index in [0.717, 1.165) is 12.8 Å². The molecular formula is C9H19NO4S. The topological polar surface area (TPSA) is 55.8 Å². The van der Waals surface area contributed by atoms with Crippen molar-refractivity contribution in [2.24, 2.45) is 0 Å². The normalized spacial score (nSPS) is 18.5. The second-order valence-electron chi connectivity index (χ2n) is 3.53. The standard InChI is InChI=1S/C9H19NO4S/c1-13-6-7-14-8-9-15(11,12)10-4-2-3-5-10/h2-9H2,1H3. The summed E-state index contributed by atoms with van der Waals surface area (Å²) in [5, 5.41) is 0. The van der Waals surface area contributed by atoms with Crippen LogP contribution in [0.1, 0.15) is 12.8 Å². The van der Waals surface area contributed by atoms with Crippen LogP contribution in [0.4, 0.5) is 0 Å². The molecule has 5 nitrogen and oxygen atoms in total. The van der Waals surface area contributed by atoms with Crippen molar-refractivity contribution >= 4 is 10.0 Å². The molecule has 1 saturated heterocycles. The van der Waals surface area contributed by atoms with Crippen LogP contribution in [0, 0.1) is 0 Å². The van der Waals surface area contributed by atoms with Gasteiger partial charge in [-0.25, -0.2) is 12.7 Å². The first-order valence-corrected chi connectivity index (χ1v) is 6.82. The average Bonchev–Trinajstić information content (AvgIpc) is 2.70. The van der Waals surface area contributed by atoms with Crippen LogP contribution < -0.4 is 0 Å². The quantitative estimate of drug-likeness (QED) is 0.588. The summed E-state index contributed by atoms with van der Waals surface area (Å²) in [6.45, 7) is 2.54. The van der Waals surface area contributed by atoms with Crippen LogP contribution in [0.3, 0.4) is 0 Å². The summed E-state index contributed by atoms with van der Waals surface area (Å²) in [4.78, 5) is 0. The van der Waals surface area contributed by atoms with Gasteiger partial charge in [-0.2, -0.15) is 0 Å². The Morgan fingerprint density at radius 2 is 1.80 bits per heavy atom. The molecule has 0 aromatic heterocycles. The molecule has 0 radical (unpaired) electrons. The second kappa shape index (κ2) is 6.42. The van der Waals surface area contributed by atoms with Gasteiger partial charge in [-0.15, -0.1) is 0 Å². The van der Waals surface area contributed by atoms with Gasteiger partial charge in [0, 0.05) is 20.2 Å². The van der Waals surface area contributed by atoms with E-state index < -0.39 is 10.0 Å². The fourth-order valence-corrected chi connectivity index (χ4v) is 2.91. The van der Waals surface area contributed by atoms with E-state index in [-0.39, 0.29) is 12.4 Å². The van der Waals surface area contributed by atoms with Gasteiger partial charge in [0.2, 0.25) is 10.0 Å². The van der Waals surface area contributed by atoms with Gasteiger partial charge in [0.05, 0.1) is 25.6 Å². The van der Waals surface area contributed by atoms with E-state index >= 15 is 0 Å². The highest BCUT2D eigenvalue weighted by molar-refractivity contribution is 7.89. The summed E-state index contributed by atoms with van der Waals surface area (Å²) in [6, 6.07) is 0. The molecule has 0 spiro atoms. The zero-order valence-corrected chi connectivity index (χ0v) is 9.96.